The first-order valence-corrected chi connectivity index (χ1v) is 5.81. The van der Waals surface area contributed by atoms with Gasteiger partial charge in [-0.25, -0.2) is 4.39 Å². The molecule has 0 saturated carbocycles. The number of aliphatic hydroxyl groups is 1. The fraction of sp³-hybridized carbons (Fsp3) is 0.538. The summed E-state index contributed by atoms with van der Waals surface area (Å²) in [5.41, 5.74) is 6.77. The maximum atomic E-state index is 13.2. The lowest BCUT2D eigenvalue weighted by Crippen LogP contribution is -2.37. The first-order valence-electron chi connectivity index (χ1n) is 5.81. The summed E-state index contributed by atoms with van der Waals surface area (Å²) in [6.07, 6.45) is -0.0636. The first-order chi connectivity index (χ1) is 8.09. The van der Waals surface area contributed by atoms with Crippen LogP contribution in [0.15, 0.2) is 18.2 Å². The van der Waals surface area contributed by atoms with Gasteiger partial charge in [-0.3, -0.25) is 0 Å². The minimum Gasteiger partial charge on any atom is -0.388 e. The van der Waals surface area contributed by atoms with E-state index in [1.54, 1.807) is 6.07 Å². The largest absolute Gasteiger partial charge is 0.388 e. The van der Waals surface area contributed by atoms with E-state index in [1.807, 2.05) is 6.92 Å². The Kier molecular flexibility index (Phi) is 3.47. The lowest BCUT2D eigenvalue weighted by Gasteiger charge is -2.32. The monoisotopic (exact) mass is 239 g/mol. The Morgan fingerprint density at radius 3 is 2.94 bits per heavy atom. The molecule has 3 nitrogen and oxygen atoms in total. The fourth-order valence-electron chi connectivity index (χ4n) is 2.35. The molecule has 0 aromatic heterocycles. The van der Waals surface area contributed by atoms with E-state index in [-0.39, 0.29) is 5.82 Å². The number of hydrogen-bond acceptors (Lipinski definition) is 3. The average Bonchev–Trinajstić information content (AvgIpc) is 2.81. The van der Waals surface area contributed by atoms with Crippen molar-refractivity contribution in [3.05, 3.63) is 35.1 Å². The number of aryl methyl sites for hydroxylation is 1. The summed E-state index contributed by atoms with van der Waals surface area (Å²) in [6.45, 7) is 3.23. The zero-order chi connectivity index (χ0) is 12.5. The molecule has 3 N–H and O–H groups in total. The van der Waals surface area contributed by atoms with Crippen LogP contribution in [0.2, 0.25) is 0 Å². The Hall–Kier alpha value is -0.970. The molecule has 94 valence electrons. The molecule has 0 amide bonds. The second-order valence-electron chi connectivity index (χ2n) is 4.77. The predicted molar refractivity (Wildman–Crippen MR) is 63.0 cm³/mol. The summed E-state index contributed by atoms with van der Waals surface area (Å²) >= 11 is 0. The number of aliphatic hydroxyl groups excluding tert-OH is 1. The van der Waals surface area contributed by atoms with E-state index >= 15 is 0 Å². The van der Waals surface area contributed by atoms with Crippen molar-refractivity contribution in [1.29, 1.82) is 0 Å². The number of ether oxygens (including phenoxy) is 1. The van der Waals surface area contributed by atoms with Crippen molar-refractivity contribution < 1.29 is 14.2 Å². The van der Waals surface area contributed by atoms with Crippen LogP contribution < -0.4 is 5.73 Å². The Morgan fingerprint density at radius 1 is 1.59 bits per heavy atom. The topological polar surface area (TPSA) is 55.5 Å². The number of nitrogens with two attached hydrogens (primary N) is 1. The predicted octanol–water partition coefficient (Wildman–Crippen LogP) is 1.53. The van der Waals surface area contributed by atoms with Crippen molar-refractivity contribution in [3.8, 4) is 0 Å². The van der Waals surface area contributed by atoms with E-state index in [0.29, 0.717) is 31.7 Å². The van der Waals surface area contributed by atoms with Gasteiger partial charge in [-0.2, -0.15) is 0 Å². The van der Waals surface area contributed by atoms with Crippen LogP contribution in [0.25, 0.3) is 0 Å². The van der Waals surface area contributed by atoms with E-state index in [1.165, 1.54) is 12.1 Å². The number of hydrogen-bond donors (Lipinski definition) is 2. The van der Waals surface area contributed by atoms with Crippen LogP contribution in [0, 0.1) is 18.2 Å². The van der Waals surface area contributed by atoms with E-state index in [0.717, 1.165) is 5.56 Å². The Morgan fingerprint density at radius 2 is 2.35 bits per heavy atom. The maximum Gasteiger partial charge on any atom is 0.123 e. The third-order valence-corrected chi connectivity index (χ3v) is 3.66. The van der Waals surface area contributed by atoms with Crippen molar-refractivity contribution in [1.82, 2.24) is 0 Å². The Balaban J connectivity index is 2.35. The lowest BCUT2D eigenvalue weighted by atomic mass is 9.77. The van der Waals surface area contributed by atoms with Crippen LogP contribution in [0.4, 0.5) is 4.39 Å². The molecular formula is C13H18FNO2. The second-order valence-corrected chi connectivity index (χ2v) is 4.77. The van der Waals surface area contributed by atoms with Gasteiger partial charge in [0, 0.05) is 18.6 Å². The van der Waals surface area contributed by atoms with Gasteiger partial charge in [-0.05, 0) is 36.6 Å². The molecule has 2 unspecified atom stereocenters. The highest BCUT2D eigenvalue weighted by Gasteiger charge is 2.41. The molecular weight excluding hydrogens is 221 g/mol. The SMILES string of the molecule is Cc1ccc(F)cc1C(O)C1(CN)CCOC1. The molecule has 0 radical (unpaired) electrons. The number of rotatable bonds is 3. The number of benzene rings is 1. The molecule has 1 aliphatic heterocycles. The van der Waals surface area contributed by atoms with Crippen molar-refractivity contribution in [2.45, 2.75) is 19.4 Å². The van der Waals surface area contributed by atoms with E-state index < -0.39 is 11.5 Å². The molecule has 1 aromatic carbocycles. The molecule has 17 heavy (non-hydrogen) atoms. The molecule has 1 heterocycles. The van der Waals surface area contributed by atoms with Gasteiger partial charge in [0.15, 0.2) is 0 Å². The molecule has 2 rings (SSSR count). The molecule has 1 fully saturated rings. The zero-order valence-electron chi connectivity index (χ0n) is 9.95. The standard InChI is InChI=1S/C13H18FNO2/c1-9-2-3-10(14)6-11(9)12(16)13(7-15)4-5-17-8-13/h2-3,6,12,16H,4-5,7-8,15H2,1H3. The van der Waals surface area contributed by atoms with Gasteiger partial charge in [0.25, 0.3) is 0 Å². The van der Waals surface area contributed by atoms with Gasteiger partial charge < -0.3 is 15.6 Å². The van der Waals surface area contributed by atoms with Gasteiger partial charge in [0.2, 0.25) is 0 Å². The first kappa shape index (κ1) is 12.5. The van der Waals surface area contributed by atoms with Gasteiger partial charge in [0.05, 0.1) is 12.7 Å². The van der Waals surface area contributed by atoms with Crippen molar-refractivity contribution >= 4 is 0 Å². The minimum absolute atomic E-state index is 0.337. The molecule has 1 aliphatic rings. The van der Waals surface area contributed by atoms with E-state index in [2.05, 4.69) is 0 Å². The summed E-state index contributed by atoms with van der Waals surface area (Å²) in [5, 5.41) is 10.4. The summed E-state index contributed by atoms with van der Waals surface area (Å²) in [5.74, 6) is -0.337. The van der Waals surface area contributed by atoms with Crippen LogP contribution in [0.1, 0.15) is 23.7 Å². The summed E-state index contributed by atoms with van der Waals surface area (Å²) < 4.78 is 18.6. The highest BCUT2D eigenvalue weighted by Crippen LogP contribution is 2.41. The number of halogens is 1. The van der Waals surface area contributed by atoms with Crippen LogP contribution in [-0.2, 0) is 4.74 Å². The zero-order valence-corrected chi connectivity index (χ0v) is 9.95. The van der Waals surface area contributed by atoms with E-state index in [4.69, 9.17) is 10.5 Å². The third-order valence-electron chi connectivity index (χ3n) is 3.66. The van der Waals surface area contributed by atoms with Gasteiger partial charge >= 0.3 is 0 Å². The van der Waals surface area contributed by atoms with E-state index in [9.17, 15) is 9.50 Å². The summed E-state index contributed by atoms with van der Waals surface area (Å²) in [7, 11) is 0. The average molecular weight is 239 g/mol. The smallest absolute Gasteiger partial charge is 0.123 e. The lowest BCUT2D eigenvalue weighted by molar-refractivity contribution is 0.0185. The quantitative estimate of drug-likeness (QED) is 0.841. The minimum atomic E-state index is -0.773. The second kappa shape index (κ2) is 4.72. The molecule has 0 spiro atoms. The van der Waals surface area contributed by atoms with Crippen LogP contribution in [0.3, 0.4) is 0 Å². The molecule has 1 aromatic rings. The summed E-state index contributed by atoms with van der Waals surface area (Å²) in [6, 6.07) is 4.45. The maximum absolute atomic E-state index is 13.2. The van der Waals surface area contributed by atoms with Crippen LogP contribution >= 0.6 is 0 Å². The van der Waals surface area contributed by atoms with Gasteiger partial charge in [-0.1, -0.05) is 6.07 Å². The summed E-state index contributed by atoms with van der Waals surface area (Å²) in [4.78, 5) is 0. The van der Waals surface area contributed by atoms with Gasteiger partial charge in [0.1, 0.15) is 5.82 Å². The molecule has 0 aliphatic carbocycles. The molecule has 0 bridgehead atoms. The van der Waals surface area contributed by atoms with Crippen molar-refractivity contribution in [3.63, 3.8) is 0 Å². The van der Waals surface area contributed by atoms with Crippen molar-refractivity contribution in [2.24, 2.45) is 11.1 Å². The van der Waals surface area contributed by atoms with Crippen molar-refractivity contribution in [2.75, 3.05) is 19.8 Å². The Bertz CT molecular complexity index is 402. The fourth-order valence-corrected chi connectivity index (χ4v) is 2.35. The molecule has 4 heteroatoms. The molecule has 2 atom stereocenters. The van der Waals surface area contributed by atoms with Crippen LogP contribution in [-0.4, -0.2) is 24.9 Å². The van der Waals surface area contributed by atoms with Crippen LogP contribution in [0.5, 0.6) is 0 Å². The highest BCUT2D eigenvalue weighted by atomic mass is 19.1. The molecule has 1 saturated heterocycles. The Labute approximate surface area is 100 Å². The normalized spacial score (nSPS) is 26.1. The van der Waals surface area contributed by atoms with Gasteiger partial charge in [-0.15, -0.1) is 0 Å². The highest BCUT2D eigenvalue weighted by molar-refractivity contribution is 5.30. The third kappa shape index (κ3) is 2.20.